The zero-order valence-corrected chi connectivity index (χ0v) is 19.6. The summed E-state index contributed by atoms with van der Waals surface area (Å²) in [5.74, 6) is 0.245. The van der Waals surface area contributed by atoms with E-state index in [4.69, 9.17) is 33.3 Å². The Morgan fingerprint density at radius 1 is 1.27 bits per heavy atom. The van der Waals surface area contributed by atoms with Gasteiger partial charge < -0.3 is 14.8 Å². The third kappa shape index (κ3) is 4.69. The van der Waals surface area contributed by atoms with Crippen LogP contribution in [0.25, 0.3) is 6.08 Å². The molecule has 1 aliphatic heterocycles. The maximum absolute atomic E-state index is 13.4. The molecule has 0 aliphatic carbocycles. The molecule has 0 saturated carbocycles. The molecular formula is C23H20ClFN4O3S. The van der Waals surface area contributed by atoms with Crippen LogP contribution in [0.1, 0.15) is 16.8 Å². The van der Waals surface area contributed by atoms with Crippen LogP contribution in [0, 0.1) is 12.7 Å². The van der Waals surface area contributed by atoms with Crippen LogP contribution >= 0.6 is 23.8 Å². The molecular weight excluding hydrogens is 467 g/mol. The van der Waals surface area contributed by atoms with Gasteiger partial charge in [-0.3, -0.25) is 9.48 Å². The Morgan fingerprint density at radius 3 is 2.73 bits per heavy atom. The number of nitrogens with one attached hydrogen (secondary N) is 1. The smallest absolute Gasteiger partial charge is 0.281 e. The van der Waals surface area contributed by atoms with Gasteiger partial charge in [-0.2, -0.15) is 5.10 Å². The number of methoxy groups -OCH3 is 1. The molecule has 1 amide bonds. The number of benzene rings is 2. The highest BCUT2D eigenvalue weighted by Crippen LogP contribution is 2.28. The van der Waals surface area contributed by atoms with Crippen molar-refractivity contribution in [2.45, 2.75) is 13.5 Å². The second-order valence-electron chi connectivity index (χ2n) is 7.34. The minimum absolute atomic E-state index is 0.0202. The standard InChI is InChI=1S/C23H20ClFN4O3S/c1-13-20(11-28(2)27-13)29-22(30)19(26-23(29)33)9-14-4-7-21(31-3)15(8-14)12-32-16-5-6-18(25)17(24)10-16/h4-11H,12H2,1-3H3,(H,26,33)/b19-9+. The number of rotatable bonds is 6. The van der Waals surface area contributed by atoms with Gasteiger partial charge in [-0.1, -0.05) is 17.7 Å². The minimum atomic E-state index is -0.516. The first kappa shape index (κ1) is 22.8. The highest BCUT2D eigenvalue weighted by molar-refractivity contribution is 7.80. The summed E-state index contributed by atoms with van der Waals surface area (Å²) in [5, 5.41) is 7.52. The molecule has 0 atom stereocenters. The number of hydrogen-bond donors (Lipinski definition) is 1. The van der Waals surface area contributed by atoms with Crippen LogP contribution in [0.3, 0.4) is 0 Å². The van der Waals surface area contributed by atoms with Gasteiger partial charge in [-0.15, -0.1) is 0 Å². The summed E-state index contributed by atoms with van der Waals surface area (Å²) in [5.41, 5.74) is 3.15. The van der Waals surface area contributed by atoms with Gasteiger partial charge in [0.25, 0.3) is 5.91 Å². The van der Waals surface area contributed by atoms with Gasteiger partial charge in [0.05, 0.1) is 23.5 Å². The number of nitrogens with zero attached hydrogens (tertiary/aromatic N) is 3. The van der Waals surface area contributed by atoms with Gasteiger partial charge in [0.2, 0.25) is 0 Å². The summed E-state index contributed by atoms with van der Waals surface area (Å²) in [7, 11) is 3.34. The van der Waals surface area contributed by atoms with Gasteiger partial charge in [0.1, 0.15) is 29.6 Å². The Balaban J connectivity index is 1.58. The first-order valence-electron chi connectivity index (χ1n) is 9.89. The van der Waals surface area contributed by atoms with E-state index in [1.807, 2.05) is 19.1 Å². The number of ether oxygens (including phenoxy) is 2. The quantitative estimate of drug-likeness (QED) is 0.412. The molecule has 33 heavy (non-hydrogen) atoms. The first-order valence-corrected chi connectivity index (χ1v) is 10.7. The fourth-order valence-electron chi connectivity index (χ4n) is 3.46. The zero-order chi connectivity index (χ0) is 23.7. The summed E-state index contributed by atoms with van der Waals surface area (Å²) in [4.78, 5) is 14.5. The molecule has 2 heterocycles. The van der Waals surface area contributed by atoms with E-state index in [0.717, 1.165) is 11.1 Å². The van der Waals surface area contributed by atoms with E-state index in [9.17, 15) is 9.18 Å². The number of aromatic nitrogens is 2. The molecule has 10 heteroatoms. The highest BCUT2D eigenvalue weighted by atomic mass is 35.5. The molecule has 1 fully saturated rings. The van der Waals surface area contributed by atoms with Gasteiger partial charge in [-0.25, -0.2) is 9.29 Å². The average Bonchev–Trinajstić information content (AvgIpc) is 3.25. The summed E-state index contributed by atoms with van der Waals surface area (Å²) < 4.78 is 26.2. The fraction of sp³-hybridized carbons (Fsp3) is 0.174. The first-order chi connectivity index (χ1) is 15.8. The third-order valence-electron chi connectivity index (χ3n) is 5.01. The van der Waals surface area contributed by atoms with E-state index < -0.39 is 5.82 Å². The lowest BCUT2D eigenvalue weighted by Crippen LogP contribution is -2.30. The lowest BCUT2D eigenvalue weighted by Gasteiger charge is -2.12. The number of carbonyl (C=O) groups excluding carboxylic acids is 1. The van der Waals surface area contributed by atoms with E-state index in [-0.39, 0.29) is 22.6 Å². The topological polar surface area (TPSA) is 68.6 Å². The Bertz CT molecular complexity index is 1290. The third-order valence-corrected chi connectivity index (χ3v) is 5.58. The molecule has 1 N–H and O–H groups in total. The predicted octanol–water partition coefficient (Wildman–Crippen LogP) is 4.37. The molecule has 1 aromatic heterocycles. The van der Waals surface area contributed by atoms with Crippen LogP contribution in [0.2, 0.25) is 5.02 Å². The maximum Gasteiger partial charge on any atom is 0.281 e. The van der Waals surface area contributed by atoms with Crippen molar-refractivity contribution in [3.05, 3.63) is 76.0 Å². The van der Waals surface area contributed by atoms with E-state index >= 15 is 0 Å². The van der Waals surface area contributed by atoms with Crippen molar-refractivity contribution in [3.8, 4) is 11.5 Å². The van der Waals surface area contributed by atoms with Crippen molar-refractivity contribution in [2.24, 2.45) is 7.05 Å². The monoisotopic (exact) mass is 486 g/mol. The summed E-state index contributed by atoms with van der Waals surface area (Å²) in [6, 6.07) is 9.59. The van der Waals surface area contributed by atoms with E-state index in [1.165, 1.54) is 23.1 Å². The van der Waals surface area contributed by atoms with E-state index in [0.29, 0.717) is 28.6 Å². The molecule has 0 radical (unpaired) electrons. The van der Waals surface area contributed by atoms with Crippen LogP contribution in [0.15, 0.2) is 48.3 Å². The SMILES string of the molecule is COc1ccc(/C=C2/NC(=S)N(c3cn(C)nc3C)C2=O)cc1COc1ccc(F)c(Cl)c1. The molecule has 0 spiro atoms. The van der Waals surface area contributed by atoms with E-state index in [2.05, 4.69) is 10.4 Å². The molecule has 3 aromatic rings. The summed E-state index contributed by atoms with van der Waals surface area (Å²) >= 11 is 11.2. The van der Waals surface area contributed by atoms with Gasteiger partial charge in [-0.05, 0) is 55.0 Å². The van der Waals surface area contributed by atoms with Gasteiger partial charge in [0.15, 0.2) is 5.11 Å². The Hall–Kier alpha value is -3.43. The van der Waals surface area contributed by atoms with Crippen LogP contribution in [-0.2, 0) is 18.4 Å². The Labute approximate surface area is 200 Å². The van der Waals surface area contributed by atoms with Crippen molar-refractivity contribution in [1.82, 2.24) is 15.1 Å². The van der Waals surface area contributed by atoms with Crippen LogP contribution in [0.5, 0.6) is 11.5 Å². The van der Waals surface area contributed by atoms with Crippen LogP contribution in [-0.4, -0.2) is 27.9 Å². The molecule has 1 saturated heterocycles. The second kappa shape index (κ2) is 9.21. The van der Waals surface area contributed by atoms with Crippen molar-refractivity contribution in [3.63, 3.8) is 0 Å². The number of amides is 1. The Morgan fingerprint density at radius 2 is 2.06 bits per heavy atom. The Kier molecular flexibility index (Phi) is 6.35. The highest BCUT2D eigenvalue weighted by Gasteiger charge is 2.33. The fourth-order valence-corrected chi connectivity index (χ4v) is 3.92. The molecule has 170 valence electrons. The molecule has 2 aromatic carbocycles. The maximum atomic E-state index is 13.4. The minimum Gasteiger partial charge on any atom is -0.496 e. The molecule has 7 nitrogen and oxygen atoms in total. The van der Waals surface area contributed by atoms with Crippen molar-refractivity contribution in [2.75, 3.05) is 12.0 Å². The van der Waals surface area contributed by atoms with Crippen LogP contribution in [0.4, 0.5) is 10.1 Å². The number of aryl methyl sites for hydroxylation is 2. The largest absolute Gasteiger partial charge is 0.496 e. The van der Waals surface area contributed by atoms with Crippen molar-refractivity contribution in [1.29, 1.82) is 0 Å². The van der Waals surface area contributed by atoms with Crippen molar-refractivity contribution < 1.29 is 18.7 Å². The van der Waals surface area contributed by atoms with Gasteiger partial charge in [0, 0.05) is 24.9 Å². The van der Waals surface area contributed by atoms with Crippen molar-refractivity contribution >= 4 is 46.6 Å². The lowest BCUT2D eigenvalue weighted by atomic mass is 10.1. The summed E-state index contributed by atoms with van der Waals surface area (Å²) in [6.45, 7) is 1.97. The average molecular weight is 487 g/mol. The normalized spacial score (nSPS) is 14.7. The van der Waals surface area contributed by atoms with Gasteiger partial charge >= 0.3 is 0 Å². The lowest BCUT2D eigenvalue weighted by molar-refractivity contribution is -0.113. The molecule has 4 rings (SSSR count). The number of carbonyl (C=O) groups is 1. The number of halogens is 2. The second-order valence-corrected chi connectivity index (χ2v) is 8.13. The number of anilines is 1. The van der Waals surface area contributed by atoms with E-state index in [1.54, 1.807) is 37.2 Å². The number of thiocarbonyl (C=S) groups is 1. The molecule has 0 unspecified atom stereocenters. The molecule has 1 aliphatic rings. The number of hydrogen-bond acceptors (Lipinski definition) is 5. The van der Waals surface area contributed by atoms with Crippen LogP contribution < -0.4 is 19.7 Å². The zero-order valence-electron chi connectivity index (χ0n) is 18.1. The summed E-state index contributed by atoms with van der Waals surface area (Å²) in [6.07, 6.45) is 3.45. The molecule has 0 bridgehead atoms. The predicted molar refractivity (Wildman–Crippen MR) is 128 cm³/mol.